The molecular formula is C18H21F3N4OS. The number of aromatic nitrogens is 2. The number of hydrogen-bond acceptors (Lipinski definition) is 3. The average molecular weight is 398 g/mol. The summed E-state index contributed by atoms with van der Waals surface area (Å²) in [6.45, 7) is 0.312. The highest BCUT2D eigenvalue weighted by molar-refractivity contribution is 7.99. The number of amides is 2. The molecule has 1 aliphatic rings. The maximum atomic E-state index is 12.5. The highest BCUT2D eigenvalue weighted by Crippen LogP contribution is 2.37. The lowest BCUT2D eigenvalue weighted by Gasteiger charge is -2.25. The number of halogens is 3. The topological polar surface area (TPSA) is 59.0 Å². The summed E-state index contributed by atoms with van der Waals surface area (Å²) in [4.78, 5) is 12.6. The molecular weight excluding hydrogens is 377 g/mol. The number of benzene rings is 1. The van der Waals surface area contributed by atoms with Gasteiger partial charge in [0.25, 0.3) is 0 Å². The quantitative estimate of drug-likeness (QED) is 0.696. The Hall–Kier alpha value is -2.16. The van der Waals surface area contributed by atoms with Crippen molar-refractivity contribution in [2.24, 2.45) is 7.05 Å². The third-order valence-corrected chi connectivity index (χ3v) is 5.72. The minimum absolute atomic E-state index is 0.312. The minimum atomic E-state index is -4.27. The van der Waals surface area contributed by atoms with Gasteiger partial charge in [0.2, 0.25) is 0 Å². The van der Waals surface area contributed by atoms with E-state index in [4.69, 9.17) is 0 Å². The molecule has 9 heteroatoms. The van der Waals surface area contributed by atoms with Crippen LogP contribution in [0.15, 0.2) is 35.4 Å². The normalized spacial score (nSPS) is 14.7. The fourth-order valence-corrected chi connectivity index (χ4v) is 3.71. The number of hydrogen-bond donors (Lipinski definition) is 2. The molecule has 0 saturated heterocycles. The van der Waals surface area contributed by atoms with Crippen LogP contribution in [0.1, 0.15) is 36.4 Å². The number of nitrogens with zero attached hydrogens (tertiary/aromatic N) is 2. The van der Waals surface area contributed by atoms with Crippen LogP contribution < -0.4 is 10.6 Å². The van der Waals surface area contributed by atoms with Gasteiger partial charge in [-0.1, -0.05) is 18.6 Å². The van der Waals surface area contributed by atoms with Crippen molar-refractivity contribution >= 4 is 23.5 Å². The lowest BCUT2D eigenvalue weighted by molar-refractivity contribution is -0.105. The molecule has 2 amide bonds. The zero-order valence-electron chi connectivity index (χ0n) is 14.8. The van der Waals surface area contributed by atoms with Gasteiger partial charge in [-0.15, -0.1) is 11.8 Å². The predicted octanol–water partition coefficient (Wildman–Crippen LogP) is 4.66. The van der Waals surface area contributed by atoms with E-state index in [0.29, 0.717) is 34.8 Å². The van der Waals surface area contributed by atoms with Gasteiger partial charge in [0.15, 0.2) is 0 Å². The van der Waals surface area contributed by atoms with Gasteiger partial charge in [0.05, 0.1) is 29.9 Å². The Morgan fingerprint density at radius 1 is 1.33 bits per heavy atom. The van der Waals surface area contributed by atoms with Crippen LogP contribution in [0.3, 0.4) is 0 Å². The summed E-state index contributed by atoms with van der Waals surface area (Å²) in [5.74, 6) is -0.509. The highest BCUT2D eigenvalue weighted by atomic mass is 32.2. The van der Waals surface area contributed by atoms with Crippen molar-refractivity contribution in [3.05, 3.63) is 41.7 Å². The molecule has 1 aromatic carbocycles. The summed E-state index contributed by atoms with van der Waals surface area (Å²) < 4.78 is 39.1. The fraction of sp³-hybridized carbons (Fsp3) is 0.444. The van der Waals surface area contributed by atoms with Crippen molar-refractivity contribution in [2.45, 2.75) is 42.8 Å². The van der Waals surface area contributed by atoms with E-state index in [1.807, 2.05) is 13.2 Å². The van der Waals surface area contributed by atoms with Gasteiger partial charge < -0.3 is 10.6 Å². The van der Waals surface area contributed by atoms with E-state index in [0.717, 1.165) is 24.1 Å². The molecule has 0 spiro atoms. The van der Waals surface area contributed by atoms with Crippen molar-refractivity contribution in [1.82, 2.24) is 15.1 Å². The van der Waals surface area contributed by atoms with E-state index >= 15 is 0 Å². The molecule has 0 unspecified atom stereocenters. The minimum Gasteiger partial charge on any atom is -0.332 e. The van der Waals surface area contributed by atoms with Crippen LogP contribution in [0.2, 0.25) is 0 Å². The second-order valence-corrected chi connectivity index (χ2v) is 7.52. The first-order chi connectivity index (χ1) is 12.8. The molecule has 1 aromatic heterocycles. The standard InChI is InChI=1S/C18H21F3N4OS/c1-25-15(13(9-23-25)12-5-4-6-12)10-22-17(26)24-14-7-2-3-8-16(14)27-11-18(19,20)21/h2-3,7-9,12H,4-6,10-11H2,1H3,(H2,22,24,26). The molecule has 27 heavy (non-hydrogen) atoms. The van der Waals surface area contributed by atoms with Gasteiger partial charge in [-0.3, -0.25) is 4.68 Å². The van der Waals surface area contributed by atoms with E-state index in [1.54, 1.807) is 28.9 Å². The Labute approximate surface area is 159 Å². The number of rotatable bonds is 6. The number of para-hydroxylation sites is 1. The van der Waals surface area contributed by atoms with Gasteiger partial charge in [-0.25, -0.2) is 4.79 Å². The zero-order valence-corrected chi connectivity index (χ0v) is 15.7. The van der Waals surface area contributed by atoms with Gasteiger partial charge in [-0.2, -0.15) is 18.3 Å². The molecule has 2 aromatic rings. The van der Waals surface area contributed by atoms with E-state index < -0.39 is 18.0 Å². The maximum absolute atomic E-state index is 12.5. The summed E-state index contributed by atoms with van der Waals surface area (Å²) in [6.07, 6.45) is 1.06. The number of carbonyl (C=O) groups is 1. The Morgan fingerprint density at radius 2 is 2.07 bits per heavy atom. The second-order valence-electron chi connectivity index (χ2n) is 6.51. The van der Waals surface area contributed by atoms with Crippen LogP contribution in [0.25, 0.3) is 0 Å². The van der Waals surface area contributed by atoms with Crippen LogP contribution in [0, 0.1) is 0 Å². The molecule has 1 saturated carbocycles. The molecule has 146 valence electrons. The first-order valence-corrected chi connectivity index (χ1v) is 9.66. The number of thioether (sulfide) groups is 1. The molecule has 0 aliphatic heterocycles. The average Bonchev–Trinajstić information content (AvgIpc) is 2.90. The molecule has 1 aliphatic carbocycles. The SMILES string of the molecule is Cn1ncc(C2CCC2)c1CNC(=O)Nc1ccccc1SCC(F)(F)F. The highest BCUT2D eigenvalue weighted by Gasteiger charge is 2.28. The lowest BCUT2D eigenvalue weighted by atomic mass is 9.80. The van der Waals surface area contributed by atoms with Crippen LogP contribution in [0.4, 0.5) is 23.7 Å². The summed E-state index contributed by atoms with van der Waals surface area (Å²) in [5, 5.41) is 9.69. The van der Waals surface area contributed by atoms with Crippen molar-refractivity contribution in [3.8, 4) is 0 Å². The third-order valence-electron chi connectivity index (χ3n) is 4.58. The Morgan fingerprint density at radius 3 is 2.74 bits per heavy atom. The van der Waals surface area contributed by atoms with Crippen molar-refractivity contribution in [1.29, 1.82) is 0 Å². The second kappa shape index (κ2) is 8.24. The number of nitrogens with one attached hydrogen (secondary N) is 2. The van der Waals surface area contributed by atoms with E-state index in [2.05, 4.69) is 15.7 Å². The number of anilines is 1. The predicted molar refractivity (Wildman–Crippen MR) is 98.9 cm³/mol. The Balaban J connectivity index is 1.60. The van der Waals surface area contributed by atoms with Crippen LogP contribution in [-0.2, 0) is 13.6 Å². The first kappa shape index (κ1) is 19.6. The number of carbonyl (C=O) groups excluding carboxylic acids is 1. The monoisotopic (exact) mass is 398 g/mol. The lowest BCUT2D eigenvalue weighted by Crippen LogP contribution is -2.30. The molecule has 1 fully saturated rings. The van der Waals surface area contributed by atoms with Gasteiger partial charge in [0.1, 0.15) is 0 Å². The molecule has 2 N–H and O–H groups in total. The van der Waals surface area contributed by atoms with Crippen LogP contribution in [0.5, 0.6) is 0 Å². The smallest absolute Gasteiger partial charge is 0.332 e. The molecule has 0 atom stereocenters. The van der Waals surface area contributed by atoms with Crippen molar-refractivity contribution in [2.75, 3.05) is 11.1 Å². The number of urea groups is 1. The van der Waals surface area contributed by atoms with Gasteiger partial charge >= 0.3 is 12.2 Å². The number of alkyl halides is 3. The fourth-order valence-electron chi connectivity index (χ4n) is 2.94. The molecule has 1 heterocycles. The summed E-state index contributed by atoms with van der Waals surface area (Å²) in [7, 11) is 1.83. The van der Waals surface area contributed by atoms with Crippen LogP contribution in [-0.4, -0.2) is 27.7 Å². The zero-order chi connectivity index (χ0) is 19.4. The van der Waals surface area contributed by atoms with Crippen molar-refractivity contribution < 1.29 is 18.0 Å². The molecule has 0 bridgehead atoms. The van der Waals surface area contributed by atoms with Gasteiger partial charge in [-0.05, 0) is 36.5 Å². The van der Waals surface area contributed by atoms with E-state index in [-0.39, 0.29) is 0 Å². The number of aryl methyl sites for hydroxylation is 1. The van der Waals surface area contributed by atoms with Crippen LogP contribution >= 0.6 is 11.8 Å². The van der Waals surface area contributed by atoms with E-state index in [9.17, 15) is 18.0 Å². The molecule has 0 radical (unpaired) electrons. The largest absolute Gasteiger partial charge is 0.398 e. The third kappa shape index (κ3) is 5.18. The Bertz CT molecular complexity index is 802. The molecule has 5 nitrogen and oxygen atoms in total. The molecule has 3 rings (SSSR count). The van der Waals surface area contributed by atoms with Crippen molar-refractivity contribution in [3.63, 3.8) is 0 Å². The summed E-state index contributed by atoms with van der Waals surface area (Å²) in [5.41, 5.74) is 2.47. The van der Waals surface area contributed by atoms with Gasteiger partial charge in [0, 0.05) is 11.9 Å². The van der Waals surface area contributed by atoms with E-state index in [1.165, 1.54) is 6.42 Å². The maximum Gasteiger partial charge on any atom is 0.398 e. The first-order valence-electron chi connectivity index (χ1n) is 8.67. The summed E-state index contributed by atoms with van der Waals surface area (Å²) in [6, 6.07) is 5.99. The Kier molecular flexibility index (Phi) is 5.98. The summed E-state index contributed by atoms with van der Waals surface area (Å²) >= 11 is 0.650.